The number of nitrogens with one attached hydrogen (secondary N) is 1. The fraction of sp³-hybridized carbons (Fsp3) is 1.00. The van der Waals surface area contributed by atoms with Gasteiger partial charge in [-0.1, -0.05) is 13.8 Å². The summed E-state index contributed by atoms with van der Waals surface area (Å²) in [6.45, 7) is 13.8. The maximum Gasteiger partial charge on any atom is 0.0209 e. The summed E-state index contributed by atoms with van der Waals surface area (Å²) in [6.07, 6.45) is 1.30. The van der Waals surface area contributed by atoms with Crippen molar-refractivity contribution < 1.29 is 0 Å². The standard InChI is InChI=1S/C11H24N2/c1-9(2)12-10-6-7-13(8-10)11(3,4)5/h9-10,12H,6-8H2,1-5H3/t10-/m0/s1. The van der Waals surface area contributed by atoms with Crippen LogP contribution in [0.3, 0.4) is 0 Å². The van der Waals surface area contributed by atoms with Crippen LogP contribution in [-0.2, 0) is 0 Å². The van der Waals surface area contributed by atoms with Gasteiger partial charge in [0, 0.05) is 30.7 Å². The van der Waals surface area contributed by atoms with Gasteiger partial charge in [0.15, 0.2) is 0 Å². The zero-order valence-electron chi connectivity index (χ0n) is 9.72. The first-order valence-corrected chi connectivity index (χ1v) is 5.40. The Morgan fingerprint density at radius 1 is 1.31 bits per heavy atom. The molecule has 1 heterocycles. The molecule has 0 aromatic heterocycles. The average molecular weight is 184 g/mol. The molecule has 0 aromatic rings. The fourth-order valence-corrected chi connectivity index (χ4v) is 1.98. The molecule has 2 nitrogen and oxygen atoms in total. The summed E-state index contributed by atoms with van der Waals surface area (Å²) in [7, 11) is 0. The Hall–Kier alpha value is -0.0800. The summed E-state index contributed by atoms with van der Waals surface area (Å²) < 4.78 is 0. The van der Waals surface area contributed by atoms with Crippen molar-refractivity contribution in [2.45, 2.75) is 58.7 Å². The molecule has 1 saturated heterocycles. The van der Waals surface area contributed by atoms with Gasteiger partial charge in [-0.2, -0.15) is 0 Å². The van der Waals surface area contributed by atoms with Gasteiger partial charge in [0.05, 0.1) is 0 Å². The topological polar surface area (TPSA) is 15.3 Å². The van der Waals surface area contributed by atoms with E-state index in [0.717, 1.165) is 0 Å². The minimum atomic E-state index is 0.341. The van der Waals surface area contributed by atoms with Crippen molar-refractivity contribution in [2.75, 3.05) is 13.1 Å². The lowest BCUT2D eigenvalue weighted by atomic mass is 10.1. The molecule has 1 atom stereocenters. The molecule has 0 amide bonds. The van der Waals surface area contributed by atoms with Crippen LogP contribution in [0.25, 0.3) is 0 Å². The molecule has 0 aromatic carbocycles. The quantitative estimate of drug-likeness (QED) is 0.704. The molecule has 1 aliphatic rings. The lowest BCUT2D eigenvalue weighted by Gasteiger charge is -2.31. The Labute approximate surface area is 82.7 Å². The van der Waals surface area contributed by atoms with Gasteiger partial charge in [-0.25, -0.2) is 0 Å². The molecule has 13 heavy (non-hydrogen) atoms. The van der Waals surface area contributed by atoms with Crippen molar-refractivity contribution in [1.29, 1.82) is 0 Å². The Bertz CT molecular complexity index is 158. The Balaban J connectivity index is 2.36. The van der Waals surface area contributed by atoms with E-state index in [1.165, 1.54) is 19.5 Å². The molecule has 0 radical (unpaired) electrons. The number of nitrogens with zero attached hydrogens (tertiary/aromatic N) is 1. The van der Waals surface area contributed by atoms with Crippen LogP contribution in [-0.4, -0.2) is 35.6 Å². The van der Waals surface area contributed by atoms with Crippen molar-refractivity contribution in [3.8, 4) is 0 Å². The van der Waals surface area contributed by atoms with Crippen LogP contribution in [0.2, 0.25) is 0 Å². The maximum atomic E-state index is 3.60. The third-order valence-electron chi connectivity index (χ3n) is 2.71. The average Bonchev–Trinajstić information content (AvgIpc) is 2.32. The van der Waals surface area contributed by atoms with Crippen molar-refractivity contribution in [1.82, 2.24) is 10.2 Å². The molecular weight excluding hydrogens is 160 g/mol. The van der Waals surface area contributed by atoms with E-state index in [-0.39, 0.29) is 0 Å². The van der Waals surface area contributed by atoms with Crippen LogP contribution < -0.4 is 5.32 Å². The number of hydrogen-bond acceptors (Lipinski definition) is 2. The van der Waals surface area contributed by atoms with Crippen molar-refractivity contribution in [3.63, 3.8) is 0 Å². The van der Waals surface area contributed by atoms with Crippen LogP contribution in [0.15, 0.2) is 0 Å². The maximum absolute atomic E-state index is 3.60. The third kappa shape index (κ3) is 3.28. The minimum absolute atomic E-state index is 0.341. The third-order valence-corrected chi connectivity index (χ3v) is 2.71. The van der Waals surface area contributed by atoms with Crippen LogP contribution in [0.4, 0.5) is 0 Å². The van der Waals surface area contributed by atoms with Gasteiger partial charge >= 0.3 is 0 Å². The Morgan fingerprint density at radius 3 is 2.31 bits per heavy atom. The highest BCUT2D eigenvalue weighted by molar-refractivity contribution is 4.88. The van der Waals surface area contributed by atoms with Crippen LogP contribution >= 0.6 is 0 Å². The van der Waals surface area contributed by atoms with Crippen molar-refractivity contribution in [3.05, 3.63) is 0 Å². The van der Waals surface area contributed by atoms with Gasteiger partial charge in [-0.15, -0.1) is 0 Å². The van der Waals surface area contributed by atoms with Crippen molar-refractivity contribution in [2.24, 2.45) is 0 Å². The highest BCUT2D eigenvalue weighted by Crippen LogP contribution is 2.20. The summed E-state index contributed by atoms with van der Waals surface area (Å²) in [5.74, 6) is 0. The van der Waals surface area contributed by atoms with E-state index in [9.17, 15) is 0 Å². The van der Waals surface area contributed by atoms with Crippen LogP contribution in [0.1, 0.15) is 41.0 Å². The minimum Gasteiger partial charge on any atom is -0.310 e. The van der Waals surface area contributed by atoms with Crippen molar-refractivity contribution >= 4 is 0 Å². The predicted octanol–water partition coefficient (Wildman–Crippen LogP) is 1.86. The summed E-state index contributed by atoms with van der Waals surface area (Å²) in [4.78, 5) is 2.56. The normalized spacial score (nSPS) is 25.8. The molecule has 0 unspecified atom stereocenters. The van der Waals surface area contributed by atoms with E-state index in [1.807, 2.05) is 0 Å². The molecule has 0 spiro atoms. The second kappa shape index (κ2) is 3.97. The Morgan fingerprint density at radius 2 is 1.92 bits per heavy atom. The molecule has 1 rings (SSSR count). The lowest BCUT2D eigenvalue weighted by molar-refractivity contribution is 0.170. The van der Waals surface area contributed by atoms with Gasteiger partial charge in [0.2, 0.25) is 0 Å². The zero-order valence-corrected chi connectivity index (χ0v) is 9.72. The van der Waals surface area contributed by atoms with E-state index in [2.05, 4.69) is 44.8 Å². The second-order valence-corrected chi connectivity index (χ2v) is 5.42. The largest absolute Gasteiger partial charge is 0.310 e. The van der Waals surface area contributed by atoms with Gasteiger partial charge < -0.3 is 5.32 Å². The first kappa shape index (κ1) is 11.0. The molecule has 0 aliphatic carbocycles. The molecule has 78 valence electrons. The smallest absolute Gasteiger partial charge is 0.0209 e. The van der Waals surface area contributed by atoms with Gasteiger partial charge in [0.25, 0.3) is 0 Å². The highest BCUT2D eigenvalue weighted by atomic mass is 15.2. The fourth-order valence-electron chi connectivity index (χ4n) is 1.98. The first-order valence-electron chi connectivity index (χ1n) is 5.40. The molecule has 0 saturated carbocycles. The predicted molar refractivity (Wildman–Crippen MR) is 58.0 cm³/mol. The molecule has 1 N–H and O–H groups in total. The van der Waals surface area contributed by atoms with E-state index >= 15 is 0 Å². The van der Waals surface area contributed by atoms with Crippen LogP contribution in [0.5, 0.6) is 0 Å². The van der Waals surface area contributed by atoms with Crippen LogP contribution in [0, 0.1) is 0 Å². The van der Waals surface area contributed by atoms with E-state index in [0.29, 0.717) is 17.6 Å². The molecular formula is C11H24N2. The second-order valence-electron chi connectivity index (χ2n) is 5.42. The van der Waals surface area contributed by atoms with Gasteiger partial charge in [-0.3, -0.25) is 4.90 Å². The van der Waals surface area contributed by atoms with Gasteiger partial charge in [0.1, 0.15) is 0 Å². The Kier molecular flexibility index (Phi) is 3.36. The number of hydrogen-bond donors (Lipinski definition) is 1. The molecule has 1 aliphatic heterocycles. The lowest BCUT2D eigenvalue weighted by Crippen LogP contribution is -2.43. The summed E-state index contributed by atoms with van der Waals surface area (Å²) >= 11 is 0. The van der Waals surface area contributed by atoms with E-state index < -0.39 is 0 Å². The number of rotatable bonds is 2. The summed E-state index contributed by atoms with van der Waals surface area (Å²) in [5, 5.41) is 3.60. The highest BCUT2D eigenvalue weighted by Gasteiger charge is 2.29. The zero-order chi connectivity index (χ0) is 10.1. The monoisotopic (exact) mass is 184 g/mol. The first-order chi connectivity index (χ1) is 5.89. The van der Waals surface area contributed by atoms with E-state index in [1.54, 1.807) is 0 Å². The van der Waals surface area contributed by atoms with E-state index in [4.69, 9.17) is 0 Å². The summed E-state index contributed by atoms with van der Waals surface area (Å²) in [5.41, 5.74) is 0.341. The molecule has 2 heteroatoms. The molecule has 1 fully saturated rings. The molecule has 0 bridgehead atoms. The SMILES string of the molecule is CC(C)N[C@H]1CCN(C(C)(C)C)C1. The number of likely N-dealkylation sites (tertiary alicyclic amines) is 1. The summed E-state index contributed by atoms with van der Waals surface area (Å²) in [6, 6.07) is 1.32. The van der Waals surface area contributed by atoms with Gasteiger partial charge in [-0.05, 0) is 27.2 Å².